The first-order valence-corrected chi connectivity index (χ1v) is 4.31. The largest absolute Gasteiger partial charge is 0.481 e. The van der Waals surface area contributed by atoms with Gasteiger partial charge in [-0.15, -0.1) is 0 Å². The minimum atomic E-state index is -0.730. The summed E-state index contributed by atoms with van der Waals surface area (Å²) < 4.78 is 0. The lowest BCUT2D eigenvalue weighted by Gasteiger charge is -2.02. The highest BCUT2D eigenvalue weighted by molar-refractivity contribution is 5.66. The summed E-state index contributed by atoms with van der Waals surface area (Å²) in [7, 11) is 0. The van der Waals surface area contributed by atoms with Crippen molar-refractivity contribution in [2.45, 2.75) is 26.2 Å². The van der Waals surface area contributed by atoms with E-state index in [0.717, 1.165) is 12.0 Å². The fourth-order valence-electron chi connectivity index (χ4n) is 1.21. The molecule has 0 bridgehead atoms. The Morgan fingerprint density at radius 3 is 3.00 bits per heavy atom. The van der Waals surface area contributed by atoms with Gasteiger partial charge in [-0.3, -0.25) is 9.78 Å². The molecule has 0 amide bonds. The van der Waals surface area contributed by atoms with Crippen molar-refractivity contribution >= 4 is 5.97 Å². The van der Waals surface area contributed by atoms with E-state index in [9.17, 15) is 4.79 Å². The lowest BCUT2D eigenvalue weighted by atomic mass is 10.1. The molecule has 0 unspecified atom stereocenters. The van der Waals surface area contributed by atoms with Crippen LogP contribution in [-0.4, -0.2) is 16.1 Å². The molecular formula is C10H13NO2. The van der Waals surface area contributed by atoms with Gasteiger partial charge >= 0.3 is 5.97 Å². The zero-order valence-corrected chi connectivity index (χ0v) is 7.66. The summed E-state index contributed by atoms with van der Waals surface area (Å²) in [4.78, 5) is 14.2. The molecule has 70 valence electrons. The van der Waals surface area contributed by atoms with E-state index in [1.54, 1.807) is 12.4 Å². The van der Waals surface area contributed by atoms with Gasteiger partial charge < -0.3 is 5.11 Å². The van der Waals surface area contributed by atoms with Crippen molar-refractivity contribution in [1.82, 2.24) is 4.98 Å². The Balaban J connectivity index is 2.45. The maximum atomic E-state index is 10.3. The van der Waals surface area contributed by atoms with Gasteiger partial charge in [-0.25, -0.2) is 0 Å². The van der Waals surface area contributed by atoms with E-state index >= 15 is 0 Å². The number of carboxylic acids is 1. The van der Waals surface area contributed by atoms with Gasteiger partial charge in [0.05, 0.1) is 0 Å². The second-order valence-electron chi connectivity index (χ2n) is 3.05. The number of aromatic nitrogens is 1. The average Bonchev–Trinajstić information content (AvgIpc) is 2.08. The van der Waals surface area contributed by atoms with Crippen LogP contribution >= 0.6 is 0 Å². The van der Waals surface area contributed by atoms with Crippen LogP contribution in [0, 0.1) is 6.92 Å². The quantitative estimate of drug-likeness (QED) is 0.766. The van der Waals surface area contributed by atoms with Gasteiger partial charge in [-0.1, -0.05) is 0 Å². The molecule has 3 heteroatoms. The molecule has 1 aromatic rings. The molecule has 0 saturated heterocycles. The predicted molar refractivity (Wildman–Crippen MR) is 49.5 cm³/mol. The summed E-state index contributed by atoms with van der Waals surface area (Å²) in [6.07, 6.45) is 5.29. The van der Waals surface area contributed by atoms with Crippen molar-refractivity contribution in [3.63, 3.8) is 0 Å². The van der Waals surface area contributed by atoms with Gasteiger partial charge in [-0.2, -0.15) is 0 Å². The van der Waals surface area contributed by atoms with Crippen LogP contribution in [0.5, 0.6) is 0 Å². The van der Waals surface area contributed by atoms with Crippen LogP contribution < -0.4 is 0 Å². The summed E-state index contributed by atoms with van der Waals surface area (Å²) in [5.74, 6) is -0.730. The highest BCUT2D eigenvalue weighted by atomic mass is 16.4. The monoisotopic (exact) mass is 179 g/mol. The molecule has 1 heterocycles. The molecule has 1 rings (SSSR count). The Bertz CT molecular complexity index is 297. The number of carboxylic acid groups (broad SMARTS) is 1. The molecule has 0 aliphatic heterocycles. The molecule has 0 saturated carbocycles. The molecule has 3 nitrogen and oxygen atoms in total. The number of hydrogen-bond donors (Lipinski definition) is 1. The third-order valence-corrected chi connectivity index (χ3v) is 1.97. The van der Waals surface area contributed by atoms with Gasteiger partial charge in [-0.05, 0) is 37.0 Å². The minimum Gasteiger partial charge on any atom is -0.481 e. The van der Waals surface area contributed by atoms with E-state index in [2.05, 4.69) is 4.98 Å². The smallest absolute Gasteiger partial charge is 0.303 e. The Kier molecular flexibility index (Phi) is 3.43. The number of aryl methyl sites for hydroxylation is 2. The molecular weight excluding hydrogens is 166 g/mol. The number of pyridine rings is 1. The summed E-state index contributed by atoms with van der Waals surface area (Å²) in [6, 6.07) is 1.94. The number of aliphatic carboxylic acids is 1. The maximum absolute atomic E-state index is 10.3. The fraction of sp³-hybridized carbons (Fsp3) is 0.400. The standard InChI is InChI=1S/C10H13NO2/c1-8-7-11-6-5-9(8)3-2-4-10(12)13/h5-7H,2-4H2,1H3,(H,12,13). The zero-order valence-electron chi connectivity index (χ0n) is 7.66. The minimum absolute atomic E-state index is 0.238. The highest BCUT2D eigenvalue weighted by Gasteiger charge is 2.00. The molecule has 1 aromatic heterocycles. The molecule has 0 aliphatic carbocycles. The second kappa shape index (κ2) is 4.60. The Morgan fingerprint density at radius 1 is 1.62 bits per heavy atom. The van der Waals surface area contributed by atoms with Crippen molar-refractivity contribution < 1.29 is 9.90 Å². The van der Waals surface area contributed by atoms with Crippen molar-refractivity contribution in [2.24, 2.45) is 0 Å². The summed E-state index contributed by atoms with van der Waals surface area (Å²) in [5.41, 5.74) is 2.32. The summed E-state index contributed by atoms with van der Waals surface area (Å²) in [6.45, 7) is 1.99. The van der Waals surface area contributed by atoms with Crippen LogP contribution in [0.2, 0.25) is 0 Å². The molecule has 13 heavy (non-hydrogen) atoms. The molecule has 0 aromatic carbocycles. The number of hydrogen-bond acceptors (Lipinski definition) is 2. The van der Waals surface area contributed by atoms with Crippen LogP contribution in [-0.2, 0) is 11.2 Å². The third kappa shape index (κ3) is 3.23. The molecule has 1 N–H and O–H groups in total. The van der Waals surface area contributed by atoms with Gasteiger partial charge in [0.25, 0.3) is 0 Å². The second-order valence-corrected chi connectivity index (χ2v) is 3.05. The number of carbonyl (C=O) groups is 1. The fourth-order valence-corrected chi connectivity index (χ4v) is 1.21. The first-order chi connectivity index (χ1) is 6.20. The van der Waals surface area contributed by atoms with Crippen molar-refractivity contribution in [3.8, 4) is 0 Å². The van der Waals surface area contributed by atoms with Crippen LogP contribution in [0.3, 0.4) is 0 Å². The van der Waals surface area contributed by atoms with E-state index in [4.69, 9.17) is 5.11 Å². The molecule has 0 aliphatic rings. The average molecular weight is 179 g/mol. The topological polar surface area (TPSA) is 50.2 Å². The van der Waals surface area contributed by atoms with E-state index < -0.39 is 5.97 Å². The lowest BCUT2D eigenvalue weighted by Crippen LogP contribution is -1.97. The summed E-state index contributed by atoms with van der Waals surface area (Å²) in [5, 5.41) is 8.45. The van der Waals surface area contributed by atoms with Crippen LogP contribution in [0.15, 0.2) is 18.5 Å². The molecule has 0 spiro atoms. The zero-order chi connectivity index (χ0) is 9.68. The Morgan fingerprint density at radius 2 is 2.38 bits per heavy atom. The Labute approximate surface area is 77.4 Å². The third-order valence-electron chi connectivity index (χ3n) is 1.97. The molecule has 0 radical (unpaired) electrons. The van der Waals surface area contributed by atoms with Crippen LogP contribution in [0.1, 0.15) is 24.0 Å². The number of rotatable bonds is 4. The highest BCUT2D eigenvalue weighted by Crippen LogP contribution is 2.08. The van der Waals surface area contributed by atoms with E-state index in [0.29, 0.717) is 6.42 Å². The van der Waals surface area contributed by atoms with Crippen LogP contribution in [0.25, 0.3) is 0 Å². The maximum Gasteiger partial charge on any atom is 0.303 e. The van der Waals surface area contributed by atoms with Gasteiger partial charge in [0, 0.05) is 18.8 Å². The van der Waals surface area contributed by atoms with E-state index in [1.807, 2.05) is 13.0 Å². The SMILES string of the molecule is Cc1cnccc1CCCC(=O)O. The van der Waals surface area contributed by atoms with Gasteiger partial charge in [0.15, 0.2) is 0 Å². The van der Waals surface area contributed by atoms with Crippen LogP contribution in [0.4, 0.5) is 0 Å². The normalized spacial score (nSPS) is 9.92. The Hall–Kier alpha value is -1.38. The lowest BCUT2D eigenvalue weighted by molar-refractivity contribution is -0.137. The molecule has 0 atom stereocenters. The molecule has 0 fully saturated rings. The van der Waals surface area contributed by atoms with E-state index in [-0.39, 0.29) is 6.42 Å². The van der Waals surface area contributed by atoms with Crippen molar-refractivity contribution in [1.29, 1.82) is 0 Å². The first kappa shape index (κ1) is 9.71. The first-order valence-electron chi connectivity index (χ1n) is 4.31. The van der Waals surface area contributed by atoms with E-state index in [1.165, 1.54) is 5.56 Å². The summed E-state index contributed by atoms with van der Waals surface area (Å²) >= 11 is 0. The van der Waals surface area contributed by atoms with Crippen molar-refractivity contribution in [2.75, 3.05) is 0 Å². The van der Waals surface area contributed by atoms with Gasteiger partial charge in [0.2, 0.25) is 0 Å². The van der Waals surface area contributed by atoms with Gasteiger partial charge in [0.1, 0.15) is 0 Å². The predicted octanol–water partition coefficient (Wildman–Crippen LogP) is 1.80. The number of nitrogens with zero attached hydrogens (tertiary/aromatic N) is 1. The van der Waals surface area contributed by atoms with Crippen molar-refractivity contribution in [3.05, 3.63) is 29.6 Å².